The van der Waals surface area contributed by atoms with Crippen LogP contribution in [0, 0.1) is 0 Å². The van der Waals surface area contributed by atoms with Gasteiger partial charge in [-0.3, -0.25) is 4.79 Å². The second-order valence-electron chi connectivity index (χ2n) is 3.18. The average molecular weight is 214 g/mol. The van der Waals surface area contributed by atoms with E-state index in [4.69, 9.17) is 0 Å². The molecule has 0 fully saturated rings. The summed E-state index contributed by atoms with van der Waals surface area (Å²) in [5.74, 6) is -0.120. The number of benzene rings is 1. The Morgan fingerprint density at radius 1 is 1.21 bits per heavy atom. The van der Waals surface area contributed by atoms with Crippen LogP contribution in [0.15, 0.2) is 23.1 Å². The summed E-state index contributed by atoms with van der Waals surface area (Å²) in [7, 11) is -4.70. The number of fused-ring (bicyclic) bond motifs is 1. The molecule has 0 spiro atoms. The molecule has 0 bridgehead atoms. The third-order valence-corrected chi connectivity index (χ3v) is 3.10. The maximum atomic E-state index is 12.6. The highest BCUT2D eigenvalue weighted by Gasteiger charge is 2.22. The van der Waals surface area contributed by atoms with Crippen LogP contribution >= 0.6 is 0 Å². The van der Waals surface area contributed by atoms with Crippen molar-refractivity contribution in [1.29, 1.82) is 0 Å². The third kappa shape index (κ3) is 1.43. The van der Waals surface area contributed by atoms with E-state index >= 15 is 0 Å². The summed E-state index contributed by atoms with van der Waals surface area (Å²) in [6.07, 6.45) is 0.992. The standard InChI is InChI=1S/C9H7FO3S/c10-14(12,13)7-3-1-6-2-4-9(11)8(6)5-7/h1,3,5H,2,4H2. The van der Waals surface area contributed by atoms with Gasteiger partial charge in [0.15, 0.2) is 5.78 Å². The van der Waals surface area contributed by atoms with Gasteiger partial charge < -0.3 is 0 Å². The third-order valence-electron chi connectivity index (χ3n) is 2.28. The van der Waals surface area contributed by atoms with Gasteiger partial charge in [-0.05, 0) is 24.1 Å². The van der Waals surface area contributed by atoms with Crippen LogP contribution in [0.2, 0.25) is 0 Å². The topological polar surface area (TPSA) is 51.2 Å². The van der Waals surface area contributed by atoms with Gasteiger partial charge in [0.05, 0.1) is 4.90 Å². The molecule has 2 rings (SSSR count). The lowest BCUT2D eigenvalue weighted by Crippen LogP contribution is -1.97. The maximum Gasteiger partial charge on any atom is 0.332 e. The van der Waals surface area contributed by atoms with Gasteiger partial charge >= 0.3 is 10.2 Å². The first-order chi connectivity index (χ1) is 6.48. The second kappa shape index (κ2) is 2.88. The molecule has 0 radical (unpaired) electrons. The Kier molecular flexibility index (Phi) is 1.92. The molecule has 74 valence electrons. The Balaban J connectivity index is 2.61. The molecule has 0 aliphatic heterocycles. The van der Waals surface area contributed by atoms with Gasteiger partial charge in [-0.1, -0.05) is 6.07 Å². The lowest BCUT2D eigenvalue weighted by molar-refractivity contribution is 0.0994. The van der Waals surface area contributed by atoms with E-state index in [9.17, 15) is 17.1 Å². The minimum Gasteiger partial charge on any atom is -0.294 e. The highest BCUT2D eigenvalue weighted by Crippen LogP contribution is 2.25. The first kappa shape index (κ1) is 9.33. The van der Waals surface area contributed by atoms with Crippen molar-refractivity contribution < 1.29 is 17.1 Å². The van der Waals surface area contributed by atoms with Crippen molar-refractivity contribution in [2.24, 2.45) is 0 Å². The highest BCUT2D eigenvalue weighted by atomic mass is 32.3. The van der Waals surface area contributed by atoms with E-state index in [1.54, 1.807) is 0 Å². The molecule has 0 unspecified atom stereocenters. The van der Waals surface area contributed by atoms with E-state index in [0.717, 1.165) is 11.6 Å². The fraction of sp³-hybridized carbons (Fsp3) is 0.222. The molecule has 1 aliphatic carbocycles. The van der Waals surface area contributed by atoms with Crippen LogP contribution in [-0.2, 0) is 16.6 Å². The zero-order chi connectivity index (χ0) is 10.3. The van der Waals surface area contributed by atoms with Crippen molar-refractivity contribution in [3.63, 3.8) is 0 Å². The number of aryl methyl sites for hydroxylation is 1. The summed E-state index contributed by atoms with van der Waals surface area (Å²) in [6, 6.07) is 3.79. The number of ketones is 1. The molecule has 0 atom stereocenters. The molecule has 1 aliphatic rings. The van der Waals surface area contributed by atoms with Crippen molar-refractivity contribution in [2.75, 3.05) is 0 Å². The molecule has 0 amide bonds. The average Bonchev–Trinajstić information content (AvgIpc) is 2.46. The summed E-state index contributed by atoms with van der Waals surface area (Å²) >= 11 is 0. The maximum absolute atomic E-state index is 12.6. The zero-order valence-electron chi connectivity index (χ0n) is 7.16. The largest absolute Gasteiger partial charge is 0.332 e. The summed E-state index contributed by atoms with van der Waals surface area (Å²) in [4.78, 5) is 10.8. The molecule has 0 N–H and O–H groups in total. The van der Waals surface area contributed by atoms with Crippen LogP contribution in [0.3, 0.4) is 0 Å². The molecule has 1 aromatic carbocycles. The fourth-order valence-corrected chi connectivity index (χ4v) is 2.06. The lowest BCUT2D eigenvalue weighted by Gasteiger charge is -1.99. The molecule has 5 heteroatoms. The van der Waals surface area contributed by atoms with Crippen LogP contribution in [0.5, 0.6) is 0 Å². The molecule has 3 nitrogen and oxygen atoms in total. The van der Waals surface area contributed by atoms with Gasteiger partial charge in [0.1, 0.15) is 0 Å². The van der Waals surface area contributed by atoms with Crippen LogP contribution in [0.4, 0.5) is 3.89 Å². The SMILES string of the molecule is O=C1CCc2ccc(S(=O)(=O)F)cc21. The van der Waals surface area contributed by atoms with Gasteiger partial charge in [0, 0.05) is 12.0 Å². The number of halogens is 1. The Morgan fingerprint density at radius 2 is 1.93 bits per heavy atom. The number of carbonyl (C=O) groups excluding carboxylic acids is 1. The predicted molar refractivity (Wildman–Crippen MR) is 47.4 cm³/mol. The summed E-state index contributed by atoms with van der Waals surface area (Å²) < 4.78 is 33.7. The lowest BCUT2D eigenvalue weighted by atomic mass is 10.1. The minimum atomic E-state index is -4.70. The first-order valence-electron chi connectivity index (χ1n) is 4.09. The molecule has 0 aromatic heterocycles. The second-order valence-corrected chi connectivity index (χ2v) is 4.53. The fourth-order valence-electron chi connectivity index (χ4n) is 1.57. The van der Waals surface area contributed by atoms with Gasteiger partial charge in [-0.15, -0.1) is 3.89 Å². The van der Waals surface area contributed by atoms with E-state index < -0.39 is 15.1 Å². The van der Waals surface area contributed by atoms with Crippen LogP contribution in [0.1, 0.15) is 22.3 Å². The molecule has 14 heavy (non-hydrogen) atoms. The number of carbonyl (C=O) groups is 1. The number of rotatable bonds is 1. The first-order valence-corrected chi connectivity index (χ1v) is 5.47. The molecule has 1 aromatic rings. The normalized spacial score (nSPS) is 15.6. The van der Waals surface area contributed by atoms with Crippen molar-refractivity contribution in [1.82, 2.24) is 0 Å². The van der Waals surface area contributed by atoms with Crippen molar-refractivity contribution in [3.8, 4) is 0 Å². The smallest absolute Gasteiger partial charge is 0.294 e. The van der Waals surface area contributed by atoms with Gasteiger partial charge in [0.2, 0.25) is 0 Å². The monoisotopic (exact) mass is 214 g/mol. The van der Waals surface area contributed by atoms with E-state index in [1.807, 2.05) is 0 Å². The van der Waals surface area contributed by atoms with Crippen molar-refractivity contribution in [3.05, 3.63) is 29.3 Å². The van der Waals surface area contributed by atoms with Gasteiger partial charge in [0.25, 0.3) is 0 Å². The Hall–Kier alpha value is -1.23. The van der Waals surface area contributed by atoms with E-state index in [1.165, 1.54) is 12.1 Å². The van der Waals surface area contributed by atoms with Crippen LogP contribution < -0.4 is 0 Å². The highest BCUT2D eigenvalue weighted by molar-refractivity contribution is 7.86. The molecular formula is C9H7FO3S. The molecule has 0 heterocycles. The summed E-state index contributed by atoms with van der Waals surface area (Å²) in [5.41, 5.74) is 1.13. The number of hydrogen-bond donors (Lipinski definition) is 0. The van der Waals surface area contributed by atoms with E-state index in [0.29, 0.717) is 18.4 Å². The molecular weight excluding hydrogens is 207 g/mol. The van der Waals surface area contributed by atoms with Crippen LogP contribution in [0.25, 0.3) is 0 Å². The molecule has 0 saturated heterocycles. The summed E-state index contributed by atoms with van der Waals surface area (Å²) in [6.45, 7) is 0. The summed E-state index contributed by atoms with van der Waals surface area (Å²) in [5, 5.41) is 0. The number of hydrogen-bond acceptors (Lipinski definition) is 3. The number of Topliss-reactive ketones (excluding diaryl/α,β-unsaturated/α-hetero) is 1. The van der Waals surface area contributed by atoms with Crippen molar-refractivity contribution >= 4 is 16.0 Å². The zero-order valence-corrected chi connectivity index (χ0v) is 7.97. The van der Waals surface area contributed by atoms with Crippen LogP contribution in [-0.4, -0.2) is 14.2 Å². The van der Waals surface area contributed by atoms with Gasteiger partial charge in [-0.2, -0.15) is 8.42 Å². The minimum absolute atomic E-state index is 0.120. The molecule has 0 saturated carbocycles. The van der Waals surface area contributed by atoms with E-state index in [2.05, 4.69) is 0 Å². The predicted octanol–water partition coefficient (Wildman–Crippen LogP) is 1.47. The Labute approximate surface area is 80.8 Å². The van der Waals surface area contributed by atoms with Gasteiger partial charge in [-0.25, -0.2) is 0 Å². The Bertz CT molecular complexity index is 505. The van der Waals surface area contributed by atoms with E-state index in [-0.39, 0.29) is 5.78 Å². The quantitative estimate of drug-likeness (QED) is 0.665. The Morgan fingerprint density at radius 3 is 2.57 bits per heavy atom. The van der Waals surface area contributed by atoms with Crippen molar-refractivity contribution in [2.45, 2.75) is 17.7 Å².